The summed E-state index contributed by atoms with van der Waals surface area (Å²) >= 11 is 0. The van der Waals surface area contributed by atoms with E-state index in [0.29, 0.717) is 19.5 Å². The largest absolute Gasteiger partial charge is 0.319 e. The first-order valence-corrected chi connectivity index (χ1v) is 16.4. The smallest absolute Gasteiger partial charge is 0.141 e. The summed E-state index contributed by atoms with van der Waals surface area (Å²) in [6.07, 6.45) is 0.712. The molecule has 6 heteroatoms. The molecule has 0 atom stereocenters. The first kappa shape index (κ1) is 26.9. The van der Waals surface area contributed by atoms with E-state index in [2.05, 4.69) is 159 Å². The molecule has 0 aliphatic carbocycles. The van der Waals surface area contributed by atoms with Crippen LogP contribution >= 0.6 is 0 Å². The molecule has 0 amide bonds. The third-order valence-electron chi connectivity index (χ3n) is 9.60. The van der Waals surface area contributed by atoms with Crippen molar-refractivity contribution in [1.29, 1.82) is 0 Å². The van der Waals surface area contributed by atoms with E-state index in [4.69, 9.17) is 15.0 Å². The Balaban J connectivity index is 1.18. The lowest BCUT2D eigenvalue weighted by atomic mass is 10.1. The van der Waals surface area contributed by atoms with Crippen LogP contribution in [0.1, 0.15) is 22.5 Å². The van der Waals surface area contributed by atoms with Gasteiger partial charge in [0.15, 0.2) is 0 Å². The third kappa shape index (κ3) is 4.37. The van der Waals surface area contributed by atoms with E-state index in [0.717, 1.165) is 67.4 Å². The molecule has 6 bridgehead atoms. The Morgan fingerprint density at radius 1 is 0.396 bits per heavy atom. The lowest BCUT2D eigenvalue weighted by Crippen LogP contribution is -2.05. The highest BCUT2D eigenvalue weighted by Gasteiger charge is 2.18. The van der Waals surface area contributed by atoms with Crippen LogP contribution in [-0.2, 0) is 19.5 Å². The summed E-state index contributed by atoms with van der Waals surface area (Å²) < 4.78 is 6.97. The van der Waals surface area contributed by atoms with Crippen LogP contribution in [0.3, 0.4) is 0 Å². The molecule has 0 saturated carbocycles. The van der Waals surface area contributed by atoms with Gasteiger partial charge in [-0.05, 0) is 65.2 Å². The van der Waals surface area contributed by atoms with Gasteiger partial charge < -0.3 is 9.13 Å². The summed E-state index contributed by atoms with van der Waals surface area (Å²) in [7, 11) is 0. The van der Waals surface area contributed by atoms with Crippen LogP contribution in [0.4, 0.5) is 0 Å². The third-order valence-corrected chi connectivity index (χ3v) is 9.60. The predicted octanol–water partition coefficient (Wildman–Crippen LogP) is 9.06. The molecule has 48 heavy (non-hydrogen) atoms. The van der Waals surface area contributed by atoms with Crippen molar-refractivity contribution >= 4 is 33.1 Å². The standard InChI is InChI=1S/C42H30N6/c1-4-10-37-34(7-1)44-41-31-19-13-28(14-20-31)25-40-43-36-9-3-6-12-39(36)48(40)33-23-17-30(18-24-33)27-47-38-11-5-2-8-35(38)45-42(47)32-21-15-29(16-22-32)26-46(37)41/h1-24H,25-27H2. The molecule has 4 aliphatic heterocycles. The summed E-state index contributed by atoms with van der Waals surface area (Å²) in [6, 6.07) is 51.8. The Morgan fingerprint density at radius 2 is 0.833 bits per heavy atom. The van der Waals surface area contributed by atoms with Gasteiger partial charge in [0, 0.05) is 36.3 Å². The van der Waals surface area contributed by atoms with E-state index in [9.17, 15) is 0 Å². The molecule has 6 nitrogen and oxygen atoms in total. The van der Waals surface area contributed by atoms with Crippen LogP contribution in [0.5, 0.6) is 0 Å². The Morgan fingerprint density at radius 3 is 1.38 bits per heavy atom. The highest BCUT2D eigenvalue weighted by atomic mass is 15.1. The fourth-order valence-corrected chi connectivity index (χ4v) is 7.22. The van der Waals surface area contributed by atoms with Gasteiger partial charge in [-0.1, -0.05) is 97.1 Å². The van der Waals surface area contributed by atoms with Gasteiger partial charge in [-0.3, -0.25) is 4.57 Å². The summed E-state index contributed by atoms with van der Waals surface area (Å²) in [5, 5.41) is 0. The van der Waals surface area contributed by atoms with Crippen molar-refractivity contribution in [2.45, 2.75) is 19.5 Å². The normalized spacial score (nSPS) is 12.8. The molecule has 228 valence electrons. The molecule has 0 radical (unpaired) electrons. The van der Waals surface area contributed by atoms with Crippen molar-refractivity contribution in [3.8, 4) is 28.5 Å². The molecule has 0 saturated heterocycles. The maximum atomic E-state index is 5.13. The van der Waals surface area contributed by atoms with E-state index in [1.165, 1.54) is 16.7 Å². The molecule has 6 aromatic carbocycles. The van der Waals surface area contributed by atoms with Gasteiger partial charge >= 0.3 is 0 Å². The summed E-state index contributed by atoms with van der Waals surface area (Å²) in [5.41, 5.74) is 13.3. The molecular weight excluding hydrogens is 589 g/mol. The average molecular weight is 619 g/mol. The second-order valence-electron chi connectivity index (χ2n) is 12.6. The van der Waals surface area contributed by atoms with Crippen LogP contribution < -0.4 is 0 Å². The van der Waals surface area contributed by atoms with E-state index in [-0.39, 0.29) is 0 Å². The lowest BCUT2D eigenvalue weighted by Gasteiger charge is -2.13. The molecule has 3 aromatic heterocycles. The van der Waals surface area contributed by atoms with E-state index >= 15 is 0 Å². The number of hydrogen-bond acceptors (Lipinski definition) is 3. The number of rotatable bonds is 0. The SMILES string of the molecule is c1ccc2c(c1)nc1n2Cc2ccc(cc2)-c2nc3ccccc3n2Cc2ccc(cc2)-n2c(nc3ccccc32)Cc2ccc-1cc2. The van der Waals surface area contributed by atoms with Gasteiger partial charge in [0.05, 0.1) is 33.1 Å². The maximum absolute atomic E-state index is 5.13. The summed E-state index contributed by atoms with van der Waals surface area (Å²) in [4.78, 5) is 15.4. The van der Waals surface area contributed by atoms with Crippen molar-refractivity contribution < 1.29 is 0 Å². The second kappa shape index (κ2) is 10.6. The summed E-state index contributed by atoms with van der Waals surface area (Å²) in [5.74, 6) is 2.94. The van der Waals surface area contributed by atoms with Crippen molar-refractivity contribution in [2.75, 3.05) is 0 Å². The Kier molecular flexibility index (Phi) is 5.96. The van der Waals surface area contributed by atoms with Gasteiger partial charge in [-0.25, -0.2) is 15.0 Å². The Labute approximate surface area is 277 Å². The van der Waals surface area contributed by atoms with Crippen molar-refractivity contribution in [1.82, 2.24) is 28.7 Å². The van der Waals surface area contributed by atoms with Crippen molar-refractivity contribution in [2.24, 2.45) is 0 Å². The number of hydrogen-bond donors (Lipinski definition) is 0. The van der Waals surface area contributed by atoms with Gasteiger partial charge in [-0.15, -0.1) is 0 Å². The first-order chi connectivity index (χ1) is 23.7. The first-order valence-electron chi connectivity index (χ1n) is 16.4. The topological polar surface area (TPSA) is 53.5 Å². The van der Waals surface area contributed by atoms with E-state index in [1.807, 2.05) is 0 Å². The number of para-hydroxylation sites is 6. The zero-order valence-electron chi connectivity index (χ0n) is 26.2. The average Bonchev–Trinajstić information content (AvgIpc) is 3.81. The van der Waals surface area contributed by atoms with Crippen LogP contribution in [0.25, 0.3) is 61.6 Å². The van der Waals surface area contributed by atoms with E-state index < -0.39 is 0 Å². The number of nitrogens with zero attached hydrogens (tertiary/aromatic N) is 6. The van der Waals surface area contributed by atoms with Crippen LogP contribution in [-0.4, -0.2) is 28.7 Å². The van der Waals surface area contributed by atoms with Crippen LogP contribution in [0.15, 0.2) is 146 Å². The molecule has 0 N–H and O–H groups in total. The quantitative estimate of drug-likeness (QED) is 0.170. The van der Waals surface area contributed by atoms with Crippen LogP contribution in [0, 0.1) is 0 Å². The number of imidazole rings is 3. The minimum atomic E-state index is 0.712. The zero-order chi connectivity index (χ0) is 31.6. The van der Waals surface area contributed by atoms with Gasteiger partial charge in [0.25, 0.3) is 0 Å². The highest BCUT2D eigenvalue weighted by Crippen LogP contribution is 2.31. The number of aromatic nitrogens is 6. The monoisotopic (exact) mass is 618 g/mol. The minimum Gasteiger partial charge on any atom is -0.319 e. The molecule has 13 rings (SSSR count). The minimum absolute atomic E-state index is 0.712. The molecule has 0 unspecified atom stereocenters. The van der Waals surface area contributed by atoms with Gasteiger partial charge in [-0.2, -0.15) is 0 Å². The fourth-order valence-electron chi connectivity index (χ4n) is 7.22. The molecule has 9 aromatic rings. The van der Waals surface area contributed by atoms with Gasteiger partial charge in [0.1, 0.15) is 17.5 Å². The molecule has 0 fully saturated rings. The van der Waals surface area contributed by atoms with Gasteiger partial charge in [0.2, 0.25) is 0 Å². The lowest BCUT2D eigenvalue weighted by molar-refractivity contribution is 0.829. The van der Waals surface area contributed by atoms with Crippen molar-refractivity contribution in [3.63, 3.8) is 0 Å². The number of fused-ring (bicyclic) bond motifs is 6. The van der Waals surface area contributed by atoms with Crippen molar-refractivity contribution in [3.05, 3.63) is 168 Å². The highest BCUT2D eigenvalue weighted by molar-refractivity contribution is 5.82. The Bertz CT molecular complexity index is 2620. The molecule has 7 heterocycles. The molecule has 4 aliphatic rings. The second-order valence-corrected chi connectivity index (χ2v) is 12.6. The zero-order valence-corrected chi connectivity index (χ0v) is 26.2. The fraction of sp³-hybridized carbons (Fsp3) is 0.0714. The Hall–Kier alpha value is -6.27. The number of benzene rings is 6. The maximum Gasteiger partial charge on any atom is 0.141 e. The van der Waals surface area contributed by atoms with E-state index in [1.54, 1.807) is 0 Å². The van der Waals surface area contributed by atoms with Crippen LogP contribution in [0.2, 0.25) is 0 Å². The molecule has 0 spiro atoms. The summed E-state index contributed by atoms with van der Waals surface area (Å²) in [6.45, 7) is 1.43. The molecular formula is C42H30N6. The predicted molar refractivity (Wildman–Crippen MR) is 192 cm³/mol.